The van der Waals surface area contributed by atoms with Gasteiger partial charge in [-0.05, 0) is 18.3 Å². The summed E-state index contributed by atoms with van der Waals surface area (Å²) >= 11 is 0. The van der Waals surface area contributed by atoms with Gasteiger partial charge < -0.3 is 10.1 Å². The first-order valence-electron chi connectivity index (χ1n) is 6.13. The highest BCUT2D eigenvalue weighted by atomic mass is 16.5. The Morgan fingerprint density at radius 1 is 1.41 bits per heavy atom. The van der Waals surface area contributed by atoms with E-state index in [2.05, 4.69) is 12.2 Å². The van der Waals surface area contributed by atoms with E-state index in [1.807, 2.05) is 0 Å². The lowest BCUT2D eigenvalue weighted by Gasteiger charge is -2.34. The molecule has 17 heavy (non-hydrogen) atoms. The summed E-state index contributed by atoms with van der Waals surface area (Å²) in [6, 6.07) is -0.327. The predicted molar refractivity (Wildman–Crippen MR) is 62.3 cm³/mol. The van der Waals surface area contributed by atoms with Gasteiger partial charge in [0.15, 0.2) is 0 Å². The largest absolute Gasteiger partial charge is 0.381 e. The summed E-state index contributed by atoms with van der Waals surface area (Å²) in [6.07, 6.45) is 2.30. The van der Waals surface area contributed by atoms with Gasteiger partial charge in [-0.3, -0.25) is 14.5 Å². The van der Waals surface area contributed by atoms with Gasteiger partial charge in [0.2, 0.25) is 11.8 Å². The molecule has 2 rings (SSSR count). The lowest BCUT2D eigenvalue weighted by molar-refractivity contribution is -0.137. The van der Waals surface area contributed by atoms with Crippen LogP contribution in [0.4, 0.5) is 0 Å². The molecule has 2 aliphatic rings. The van der Waals surface area contributed by atoms with E-state index < -0.39 is 0 Å². The van der Waals surface area contributed by atoms with Crippen molar-refractivity contribution < 1.29 is 14.3 Å². The zero-order valence-corrected chi connectivity index (χ0v) is 10.5. The van der Waals surface area contributed by atoms with E-state index in [4.69, 9.17) is 4.74 Å². The number of likely N-dealkylation sites (tertiary alicyclic amines) is 1. The number of hydrogen-bond acceptors (Lipinski definition) is 4. The molecule has 2 heterocycles. The number of amides is 2. The fourth-order valence-electron chi connectivity index (χ4n) is 2.33. The van der Waals surface area contributed by atoms with Gasteiger partial charge in [-0.25, -0.2) is 0 Å². The molecular weight excluding hydrogens is 220 g/mol. The summed E-state index contributed by atoms with van der Waals surface area (Å²) in [6.45, 7) is 4.55. The van der Waals surface area contributed by atoms with E-state index in [-0.39, 0.29) is 23.3 Å². The number of carbonyl (C=O) groups excluding carboxylic acids is 2. The Balaban J connectivity index is 1.86. The number of likely N-dealkylation sites (N-methyl/N-ethyl adjacent to an activating group) is 1. The van der Waals surface area contributed by atoms with Crippen LogP contribution in [-0.2, 0) is 14.3 Å². The van der Waals surface area contributed by atoms with E-state index in [0.717, 1.165) is 32.6 Å². The van der Waals surface area contributed by atoms with Crippen LogP contribution < -0.4 is 5.32 Å². The van der Waals surface area contributed by atoms with Crippen molar-refractivity contribution in [2.45, 2.75) is 32.2 Å². The van der Waals surface area contributed by atoms with Crippen molar-refractivity contribution in [3.05, 3.63) is 0 Å². The van der Waals surface area contributed by atoms with Gasteiger partial charge in [0.1, 0.15) is 0 Å². The van der Waals surface area contributed by atoms with Gasteiger partial charge in [0.05, 0.1) is 12.5 Å². The van der Waals surface area contributed by atoms with Crippen molar-refractivity contribution in [3.8, 4) is 0 Å². The third kappa shape index (κ3) is 2.66. The van der Waals surface area contributed by atoms with Crippen LogP contribution in [0, 0.1) is 5.41 Å². The van der Waals surface area contributed by atoms with E-state index in [0.29, 0.717) is 6.42 Å². The van der Waals surface area contributed by atoms with Gasteiger partial charge in [-0.1, -0.05) is 6.92 Å². The summed E-state index contributed by atoms with van der Waals surface area (Å²) < 4.78 is 5.33. The van der Waals surface area contributed by atoms with E-state index in [1.54, 1.807) is 7.05 Å². The second-order valence-electron chi connectivity index (χ2n) is 5.35. The molecule has 0 aromatic heterocycles. The van der Waals surface area contributed by atoms with Gasteiger partial charge in [0, 0.05) is 26.8 Å². The molecule has 0 bridgehead atoms. The SMILES string of the molecule is CN1C(=O)CC(NCC2(C)CCOCC2)C1=O. The van der Waals surface area contributed by atoms with Crippen LogP contribution in [0.5, 0.6) is 0 Å². The van der Waals surface area contributed by atoms with Crippen LogP contribution in [0.2, 0.25) is 0 Å². The van der Waals surface area contributed by atoms with Crippen LogP contribution in [0.1, 0.15) is 26.2 Å². The predicted octanol–water partition coefficient (Wildman–Crippen LogP) is 0.150. The quantitative estimate of drug-likeness (QED) is 0.713. The zero-order chi connectivity index (χ0) is 12.5. The number of imide groups is 1. The third-order valence-corrected chi connectivity index (χ3v) is 3.86. The maximum absolute atomic E-state index is 11.7. The fourth-order valence-corrected chi connectivity index (χ4v) is 2.33. The van der Waals surface area contributed by atoms with Gasteiger partial charge in [-0.2, -0.15) is 0 Å². The normalized spacial score (nSPS) is 28.8. The highest BCUT2D eigenvalue weighted by Gasteiger charge is 2.37. The number of rotatable bonds is 3. The Morgan fingerprint density at radius 3 is 2.59 bits per heavy atom. The molecule has 2 saturated heterocycles. The van der Waals surface area contributed by atoms with Crippen molar-refractivity contribution >= 4 is 11.8 Å². The van der Waals surface area contributed by atoms with Crippen LogP contribution in [0.15, 0.2) is 0 Å². The number of nitrogens with one attached hydrogen (secondary N) is 1. The Kier molecular flexibility index (Phi) is 3.49. The second kappa shape index (κ2) is 4.74. The fraction of sp³-hybridized carbons (Fsp3) is 0.833. The summed E-state index contributed by atoms with van der Waals surface area (Å²) in [7, 11) is 1.54. The number of nitrogens with zero attached hydrogens (tertiary/aromatic N) is 1. The average Bonchev–Trinajstić information content (AvgIpc) is 2.55. The first kappa shape index (κ1) is 12.5. The van der Waals surface area contributed by atoms with Crippen LogP contribution in [0.25, 0.3) is 0 Å². The molecule has 2 amide bonds. The highest BCUT2D eigenvalue weighted by molar-refractivity contribution is 6.05. The van der Waals surface area contributed by atoms with Gasteiger partial charge in [0.25, 0.3) is 0 Å². The first-order chi connectivity index (χ1) is 8.02. The van der Waals surface area contributed by atoms with E-state index in [1.165, 1.54) is 4.90 Å². The highest BCUT2D eigenvalue weighted by Crippen LogP contribution is 2.29. The monoisotopic (exact) mass is 240 g/mol. The Morgan fingerprint density at radius 2 is 2.06 bits per heavy atom. The van der Waals surface area contributed by atoms with E-state index in [9.17, 15) is 9.59 Å². The molecule has 0 aliphatic carbocycles. The third-order valence-electron chi connectivity index (χ3n) is 3.86. The molecule has 0 aromatic rings. The molecule has 96 valence electrons. The van der Waals surface area contributed by atoms with Crippen LogP contribution >= 0.6 is 0 Å². The minimum atomic E-state index is -0.327. The van der Waals surface area contributed by atoms with Crippen molar-refractivity contribution in [2.24, 2.45) is 5.41 Å². The molecule has 0 radical (unpaired) electrons. The lowest BCUT2D eigenvalue weighted by Crippen LogP contribution is -2.44. The lowest BCUT2D eigenvalue weighted by atomic mass is 9.82. The van der Waals surface area contributed by atoms with Crippen molar-refractivity contribution in [2.75, 3.05) is 26.8 Å². The summed E-state index contributed by atoms with van der Waals surface area (Å²) in [5, 5.41) is 3.23. The molecule has 1 N–H and O–H groups in total. The maximum Gasteiger partial charge on any atom is 0.246 e. The molecule has 1 atom stereocenters. The molecule has 2 aliphatic heterocycles. The maximum atomic E-state index is 11.7. The Hall–Kier alpha value is -0.940. The van der Waals surface area contributed by atoms with Gasteiger partial charge >= 0.3 is 0 Å². The minimum Gasteiger partial charge on any atom is -0.381 e. The van der Waals surface area contributed by atoms with Crippen molar-refractivity contribution in [1.29, 1.82) is 0 Å². The molecule has 0 spiro atoms. The summed E-state index contributed by atoms with van der Waals surface area (Å²) in [5.74, 6) is -0.199. The zero-order valence-electron chi connectivity index (χ0n) is 10.5. The minimum absolute atomic E-state index is 0.0929. The molecular formula is C12H20N2O3. The Bertz CT molecular complexity index is 324. The average molecular weight is 240 g/mol. The first-order valence-corrected chi connectivity index (χ1v) is 6.13. The van der Waals surface area contributed by atoms with Crippen LogP contribution in [0.3, 0.4) is 0 Å². The number of hydrogen-bond donors (Lipinski definition) is 1. The molecule has 2 fully saturated rings. The number of carbonyl (C=O) groups is 2. The van der Waals surface area contributed by atoms with Gasteiger partial charge in [-0.15, -0.1) is 0 Å². The van der Waals surface area contributed by atoms with Crippen molar-refractivity contribution in [3.63, 3.8) is 0 Å². The standard InChI is InChI=1S/C12H20N2O3/c1-12(3-5-17-6-4-12)8-13-9-7-10(15)14(2)11(9)16/h9,13H,3-8H2,1-2H3. The molecule has 5 nitrogen and oxygen atoms in total. The molecule has 5 heteroatoms. The Labute approximate surface area is 101 Å². The van der Waals surface area contributed by atoms with Crippen LogP contribution in [-0.4, -0.2) is 49.6 Å². The number of ether oxygens (including phenoxy) is 1. The molecule has 0 saturated carbocycles. The topological polar surface area (TPSA) is 58.6 Å². The molecule has 1 unspecified atom stereocenters. The summed E-state index contributed by atoms with van der Waals surface area (Å²) in [4.78, 5) is 24.3. The molecule has 0 aromatic carbocycles. The van der Waals surface area contributed by atoms with Crippen molar-refractivity contribution in [1.82, 2.24) is 10.2 Å². The second-order valence-corrected chi connectivity index (χ2v) is 5.35. The smallest absolute Gasteiger partial charge is 0.246 e. The van der Waals surface area contributed by atoms with E-state index >= 15 is 0 Å². The summed E-state index contributed by atoms with van der Waals surface area (Å²) in [5.41, 5.74) is 0.183.